The van der Waals surface area contributed by atoms with E-state index < -0.39 is 0 Å². The lowest BCUT2D eigenvalue weighted by atomic mass is 10.2. The molecule has 0 radical (unpaired) electrons. The molecular weight excluding hydrogens is 449 g/mol. The Morgan fingerprint density at radius 1 is 1.36 bits per heavy atom. The van der Waals surface area contributed by atoms with Crippen LogP contribution in [0, 0.1) is 0 Å². The molecule has 8 heteroatoms. The van der Waals surface area contributed by atoms with Crippen LogP contribution in [0.15, 0.2) is 22.5 Å². The Morgan fingerprint density at radius 2 is 2.08 bits per heavy atom. The molecule has 0 saturated carbocycles. The largest absolute Gasteiger partial charge is 0.357 e. The maximum Gasteiger partial charge on any atom is 0.243 e. The summed E-state index contributed by atoms with van der Waals surface area (Å²) in [6.45, 7) is 6.06. The quantitative estimate of drug-likeness (QED) is 0.358. The molecule has 6 nitrogen and oxygen atoms in total. The van der Waals surface area contributed by atoms with Crippen LogP contribution in [-0.2, 0) is 4.79 Å². The molecule has 1 atom stereocenters. The van der Waals surface area contributed by atoms with Crippen molar-refractivity contribution in [3.05, 3.63) is 22.4 Å². The summed E-state index contributed by atoms with van der Waals surface area (Å²) in [5, 5.41) is 8.77. The molecule has 25 heavy (non-hydrogen) atoms. The van der Waals surface area contributed by atoms with Crippen LogP contribution in [0.1, 0.15) is 30.7 Å². The van der Waals surface area contributed by atoms with Gasteiger partial charge in [-0.1, -0.05) is 6.07 Å². The van der Waals surface area contributed by atoms with Crippen LogP contribution in [-0.4, -0.2) is 68.5 Å². The number of guanidine groups is 1. The fraction of sp³-hybridized carbons (Fsp3) is 0.647. The van der Waals surface area contributed by atoms with Crippen molar-refractivity contribution in [3.63, 3.8) is 0 Å². The Labute approximate surface area is 172 Å². The molecule has 2 N–H and O–H groups in total. The van der Waals surface area contributed by atoms with Crippen LogP contribution in [0.2, 0.25) is 0 Å². The summed E-state index contributed by atoms with van der Waals surface area (Å²) >= 11 is 1.80. The predicted molar refractivity (Wildman–Crippen MR) is 116 cm³/mol. The van der Waals surface area contributed by atoms with Gasteiger partial charge < -0.3 is 15.5 Å². The molecule has 1 saturated heterocycles. The summed E-state index contributed by atoms with van der Waals surface area (Å²) in [4.78, 5) is 21.6. The lowest BCUT2D eigenvalue weighted by molar-refractivity contribution is -0.127. The zero-order valence-corrected chi connectivity index (χ0v) is 18.5. The summed E-state index contributed by atoms with van der Waals surface area (Å²) in [6, 6.07) is 4.67. The number of nitrogens with zero attached hydrogens (tertiary/aromatic N) is 3. The monoisotopic (exact) mass is 479 g/mol. The van der Waals surface area contributed by atoms with Crippen LogP contribution in [0.25, 0.3) is 0 Å². The van der Waals surface area contributed by atoms with Gasteiger partial charge in [0.05, 0.1) is 6.04 Å². The summed E-state index contributed by atoms with van der Waals surface area (Å²) in [5.41, 5.74) is 0. The SMILES string of the molecule is CCNC(=NCC(=O)N(C)C)NCC(c1cccs1)N1CCCC1.I. The number of thiophene rings is 1. The van der Waals surface area contributed by atoms with E-state index in [1.807, 2.05) is 6.92 Å². The van der Waals surface area contributed by atoms with E-state index in [9.17, 15) is 4.79 Å². The smallest absolute Gasteiger partial charge is 0.243 e. The van der Waals surface area contributed by atoms with E-state index in [-0.39, 0.29) is 36.4 Å². The van der Waals surface area contributed by atoms with E-state index >= 15 is 0 Å². The van der Waals surface area contributed by atoms with Crippen LogP contribution in [0.3, 0.4) is 0 Å². The molecule has 2 rings (SSSR count). The molecule has 1 aromatic rings. The van der Waals surface area contributed by atoms with Crippen molar-refractivity contribution in [2.24, 2.45) is 4.99 Å². The van der Waals surface area contributed by atoms with E-state index in [1.165, 1.54) is 17.7 Å². The number of aliphatic imine (C=N–C) groups is 1. The van der Waals surface area contributed by atoms with Crippen molar-refractivity contribution in [3.8, 4) is 0 Å². The van der Waals surface area contributed by atoms with Gasteiger partial charge in [0.25, 0.3) is 0 Å². The number of likely N-dealkylation sites (tertiary alicyclic amines) is 1. The Morgan fingerprint density at radius 3 is 2.64 bits per heavy atom. The molecule has 142 valence electrons. The standard InChI is InChI=1S/C17H29N5OS.HI/c1-4-18-17(20-13-16(23)21(2)3)19-12-14(15-8-7-11-24-15)22-9-5-6-10-22;/h7-8,11,14H,4-6,9-10,12-13H2,1-3H3,(H2,18,19,20);1H. The average molecular weight is 479 g/mol. The van der Waals surface area contributed by atoms with E-state index in [0.29, 0.717) is 12.0 Å². The molecule has 0 aromatic carbocycles. The Balaban J connectivity index is 0.00000312. The van der Waals surface area contributed by atoms with Crippen LogP contribution in [0.5, 0.6) is 0 Å². The Bertz CT molecular complexity index is 529. The van der Waals surface area contributed by atoms with E-state index in [2.05, 4.69) is 38.0 Å². The van der Waals surface area contributed by atoms with Crippen LogP contribution >= 0.6 is 35.3 Å². The van der Waals surface area contributed by atoms with E-state index in [4.69, 9.17) is 0 Å². The number of hydrogen-bond donors (Lipinski definition) is 2. The minimum atomic E-state index is 0. The Hall–Kier alpha value is -0.870. The van der Waals surface area contributed by atoms with Gasteiger partial charge in [-0.2, -0.15) is 0 Å². The predicted octanol–water partition coefficient (Wildman–Crippen LogP) is 2.15. The molecule has 1 aliphatic heterocycles. The third-order valence-electron chi connectivity index (χ3n) is 4.13. The van der Waals surface area contributed by atoms with Crippen molar-refractivity contribution >= 4 is 47.2 Å². The first kappa shape index (κ1) is 22.2. The minimum absolute atomic E-state index is 0. The van der Waals surface area contributed by atoms with Gasteiger partial charge in [0.2, 0.25) is 5.91 Å². The maximum atomic E-state index is 11.7. The number of amides is 1. The van der Waals surface area contributed by atoms with E-state index in [1.54, 1.807) is 30.3 Å². The van der Waals surface area contributed by atoms with Gasteiger partial charge in [0.15, 0.2) is 5.96 Å². The van der Waals surface area contributed by atoms with Crippen LogP contribution < -0.4 is 10.6 Å². The molecule has 0 bridgehead atoms. The number of carbonyl (C=O) groups excluding carboxylic acids is 1. The van der Waals surface area contributed by atoms with Crippen molar-refractivity contribution < 1.29 is 4.79 Å². The first-order valence-electron chi connectivity index (χ1n) is 8.61. The van der Waals surface area contributed by atoms with Gasteiger partial charge in [-0.15, -0.1) is 35.3 Å². The maximum absolute atomic E-state index is 11.7. The van der Waals surface area contributed by atoms with Crippen molar-refractivity contribution in [2.75, 3.05) is 46.8 Å². The van der Waals surface area contributed by atoms with Gasteiger partial charge in [-0.25, -0.2) is 4.99 Å². The number of halogens is 1. The lowest BCUT2D eigenvalue weighted by Crippen LogP contribution is -2.43. The van der Waals surface area contributed by atoms with Gasteiger partial charge >= 0.3 is 0 Å². The number of likely N-dealkylation sites (N-methyl/N-ethyl adjacent to an activating group) is 1. The third kappa shape index (κ3) is 7.10. The first-order valence-corrected chi connectivity index (χ1v) is 9.49. The number of rotatable bonds is 7. The van der Waals surface area contributed by atoms with Gasteiger partial charge in [0, 0.05) is 32.1 Å². The number of carbonyl (C=O) groups is 1. The zero-order valence-electron chi connectivity index (χ0n) is 15.3. The minimum Gasteiger partial charge on any atom is -0.357 e. The second-order valence-corrected chi connectivity index (χ2v) is 7.12. The molecule has 1 aromatic heterocycles. The highest BCUT2D eigenvalue weighted by Gasteiger charge is 2.24. The third-order valence-corrected chi connectivity index (χ3v) is 5.10. The average Bonchev–Trinajstić information content (AvgIpc) is 3.26. The fourth-order valence-electron chi connectivity index (χ4n) is 2.77. The lowest BCUT2D eigenvalue weighted by Gasteiger charge is -2.27. The summed E-state index contributed by atoms with van der Waals surface area (Å²) < 4.78 is 0. The second-order valence-electron chi connectivity index (χ2n) is 6.14. The van der Waals surface area contributed by atoms with Crippen molar-refractivity contribution in [1.29, 1.82) is 0 Å². The molecule has 1 unspecified atom stereocenters. The van der Waals surface area contributed by atoms with Crippen molar-refractivity contribution in [2.45, 2.75) is 25.8 Å². The number of hydrogen-bond acceptors (Lipinski definition) is 4. The highest BCUT2D eigenvalue weighted by Crippen LogP contribution is 2.27. The second kappa shape index (κ2) is 11.7. The van der Waals surface area contributed by atoms with Gasteiger partial charge in [-0.3, -0.25) is 9.69 Å². The summed E-state index contributed by atoms with van der Waals surface area (Å²) in [5.74, 6) is 0.704. The normalized spacial score (nSPS) is 16.2. The molecule has 2 heterocycles. The summed E-state index contributed by atoms with van der Waals surface area (Å²) in [7, 11) is 3.50. The zero-order chi connectivity index (χ0) is 17.4. The molecule has 0 aliphatic carbocycles. The number of nitrogens with one attached hydrogen (secondary N) is 2. The highest BCUT2D eigenvalue weighted by atomic mass is 127. The van der Waals surface area contributed by atoms with Gasteiger partial charge in [-0.05, 0) is 44.3 Å². The topological polar surface area (TPSA) is 60.0 Å². The Kier molecular flexibility index (Phi) is 10.4. The van der Waals surface area contributed by atoms with Crippen LogP contribution in [0.4, 0.5) is 0 Å². The highest BCUT2D eigenvalue weighted by molar-refractivity contribution is 14.0. The van der Waals surface area contributed by atoms with Crippen molar-refractivity contribution in [1.82, 2.24) is 20.4 Å². The molecule has 1 fully saturated rings. The summed E-state index contributed by atoms with van der Waals surface area (Å²) in [6.07, 6.45) is 2.54. The fourth-order valence-corrected chi connectivity index (χ4v) is 3.63. The first-order chi connectivity index (χ1) is 11.6. The molecule has 1 aliphatic rings. The van der Waals surface area contributed by atoms with E-state index in [0.717, 1.165) is 26.2 Å². The molecule has 1 amide bonds. The molecular formula is C17H30IN5OS. The molecule has 0 spiro atoms. The van der Waals surface area contributed by atoms with Gasteiger partial charge in [0.1, 0.15) is 6.54 Å².